The van der Waals surface area contributed by atoms with E-state index in [4.69, 9.17) is 5.73 Å². The van der Waals surface area contributed by atoms with Gasteiger partial charge >= 0.3 is 0 Å². The van der Waals surface area contributed by atoms with Gasteiger partial charge in [0.25, 0.3) is 0 Å². The highest BCUT2D eigenvalue weighted by atomic mass is 16.1. The quantitative estimate of drug-likeness (QED) is 0.734. The van der Waals surface area contributed by atoms with Crippen LogP contribution in [0.25, 0.3) is 6.08 Å². The Kier molecular flexibility index (Phi) is 4.01. The summed E-state index contributed by atoms with van der Waals surface area (Å²) in [4.78, 5) is 15.1. The first-order valence-electron chi connectivity index (χ1n) is 4.57. The molecule has 74 valence electrons. The minimum absolute atomic E-state index is 0.0370. The van der Waals surface area contributed by atoms with Crippen LogP contribution < -0.4 is 5.73 Å². The molecule has 1 aromatic heterocycles. The van der Waals surface area contributed by atoms with Gasteiger partial charge in [-0.1, -0.05) is 6.08 Å². The molecule has 3 heteroatoms. The fraction of sp³-hybridized carbons (Fsp3) is 0.273. The monoisotopic (exact) mass is 190 g/mol. The fourth-order valence-corrected chi connectivity index (χ4v) is 1.01. The number of nitrogens with zero attached hydrogens (tertiary/aromatic N) is 1. The average Bonchev–Trinajstić information content (AvgIpc) is 2.19. The van der Waals surface area contributed by atoms with Gasteiger partial charge in [-0.25, -0.2) is 0 Å². The summed E-state index contributed by atoms with van der Waals surface area (Å²) in [6.07, 6.45) is 6.30. The molecule has 2 N–H and O–H groups in total. The number of rotatable bonds is 4. The SMILES string of the molecule is CC(=O)c1ccc(C=CCCN)nc1. The molecule has 1 aromatic rings. The maximum absolute atomic E-state index is 10.9. The fourth-order valence-electron chi connectivity index (χ4n) is 1.01. The van der Waals surface area contributed by atoms with Gasteiger partial charge in [0.05, 0.1) is 5.69 Å². The van der Waals surface area contributed by atoms with Crippen LogP contribution in [0.15, 0.2) is 24.4 Å². The van der Waals surface area contributed by atoms with Crippen molar-refractivity contribution in [1.82, 2.24) is 4.98 Å². The average molecular weight is 190 g/mol. The Balaban J connectivity index is 2.68. The topological polar surface area (TPSA) is 56.0 Å². The molecule has 0 fully saturated rings. The third kappa shape index (κ3) is 3.11. The predicted molar refractivity (Wildman–Crippen MR) is 56.9 cm³/mol. The molecule has 1 heterocycles. The number of carbonyl (C=O) groups excluding carboxylic acids is 1. The van der Waals surface area contributed by atoms with E-state index in [-0.39, 0.29) is 5.78 Å². The van der Waals surface area contributed by atoms with Gasteiger partial charge < -0.3 is 5.73 Å². The van der Waals surface area contributed by atoms with E-state index in [1.807, 2.05) is 18.2 Å². The summed E-state index contributed by atoms with van der Waals surface area (Å²) in [6, 6.07) is 3.60. The number of hydrogen-bond acceptors (Lipinski definition) is 3. The molecule has 0 unspecified atom stereocenters. The van der Waals surface area contributed by atoms with E-state index in [9.17, 15) is 4.79 Å². The van der Waals surface area contributed by atoms with E-state index in [0.29, 0.717) is 12.1 Å². The number of pyridine rings is 1. The van der Waals surface area contributed by atoms with E-state index in [0.717, 1.165) is 12.1 Å². The van der Waals surface area contributed by atoms with Crippen molar-refractivity contribution >= 4 is 11.9 Å². The number of ketones is 1. The Labute approximate surface area is 83.7 Å². The molecular weight excluding hydrogens is 176 g/mol. The molecule has 0 aliphatic carbocycles. The standard InChI is InChI=1S/C11H14N2O/c1-9(14)10-5-6-11(13-8-10)4-2-3-7-12/h2,4-6,8H,3,7,12H2,1H3. The van der Waals surface area contributed by atoms with E-state index >= 15 is 0 Å². The number of hydrogen-bond donors (Lipinski definition) is 1. The van der Waals surface area contributed by atoms with Gasteiger partial charge in [0, 0.05) is 11.8 Å². The second kappa shape index (κ2) is 5.29. The minimum atomic E-state index is 0.0370. The summed E-state index contributed by atoms with van der Waals surface area (Å²) in [5, 5.41) is 0. The second-order valence-electron chi connectivity index (χ2n) is 3.01. The van der Waals surface area contributed by atoms with Crippen molar-refractivity contribution in [2.24, 2.45) is 5.73 Å². The van der Waals surface area contributed by atoms with Crippen LogP contribution >= 0.6 is 0 Å². The molecule has 0 aromatic carbocycles. The first-order valence-corrected chi connectivity index (χ1v) is 4.57. The second-order valence-corrected chi connectivity index (χ2v) is 3.01. The molecule has 0 saturated carbocycles. The van der Waals surface area contributed by atoms with E-state index in [1.165, 1.54) is 6.92 Å². The Hall–Kier alpha value is -1.48. The first-order chi connectivity index (χ1) is 6.74. The highest BCUT2D eigenvalue weighted by molar-refractivity contribution is 5.93. The van der Waals surface area contributed by atoms with Crippen LogP contribution in [-0.2, 0) is 0 Å². The van der Waals surface area contributed by atoms with Gasteiger partial charge in [0.2, 0.25) is 0 Å². The molecule has 14 heavy (non-hydrogen) atoms. The van der Waals surface area contributed by atoms with Crippen LogP contribution in [0, 0.1) is 0 Å². The zero-order valence-corrected chi connectivity index (χ0v) is 8.23. The van der Waals surface area contributed by atoms with Crippen LogP contribution in [0.3, 0.4) is 0 Å². The minimum Gasteiger partial charge on any atom is -0.330 e. The predicted octanol–water partition coefficient (Wildman–Crippen LogP) is 1.65. The molecule has 3 nitrogen and oxygen atoms in total. The molecule has 0 aliphatic heterocycles. The van der Waals surface area contributed by atoms with Crippen LogP contribution in [0.1, 0.15) is 29.4 Å². The summed E-state index contributed by atoms with van der Waals surface area (Å²) in [5.74, 6) is 0.0370. The normalized spacial score (nSPS) is 10.7. The highest BCUT2D eigenvalue weighted by Gasteiger charge is 1.97. The van der Waals surface area contributed by atoms with Crippen LogP contribution in [-0.4, -0.2) is 17.3 Å². The molecule has 1 rings (SSSR count). The Morgan fingerprint density at radius 2 is 2.36 bits per heavy atom. The number of carbonyl (C=O) groups is 1. The van der Waals surface area contributed by atoms with Gasteiger partial charge in [0.15, 0.2) is 5.78 Å². The van der Waals surface area contributed by atoms with Crippen molar-refractivity contribution in [2.75, 3.05) is 6.54 Å². The summed E-state index contributed by atoms with van der Waals surface area (Å²) in [5.41, 5.74) is 6.83. The van der Waals surface area contributed by atoms with Gasteiger partial charge in [-0.3, -0.25) is 9.78 Å². The first kappa shape index (κ1) is 10.6. The van der Waals surface area contributed by atoms with Gasteiger partial charge in [-0.05, 0) is 38.1 Å². The lowest BCUT2D eigenvalue weighted by Crippen LogP contribution is -1.95. The Morgan fingerprint density at radius 1 is 1.57 bits per heavy atom. The van der Waals surface area contributed by atoms with Crippen molar-refractivity contribution in [3.8, 4) is 0 Å². The lowest BCUT2D eigenvalue weighted by atomic mass is 10.2. The largest absolute Gasteiger partial charge is 0.330 e. The van der Waals surface area contributed by atoms with Crippen molar-refractivity contribution in [2.45, 2.75) is 13.3 Å². The number of nitrogens with two attached hydrogens (primary N) is 1. The van der Waals surface area contributed by atoms with E-state index < -0.39 is 0 Å². The molecular formula is C11H14N2O. The van der Waals surface area contributed by atoms with Crippen molar-refractivity contribution in [3.05, 3.63) is 35.7 Å². The van der Waals surface area contributed by atoms with Crippen LogP contribution in [0.2, 0.25) is 0 Å². The van der Waals surface area contributed by atoms with Crippen LogP contribution in [0.4, 0.5) is 0 Å². The third-order valence-electron chi connectivity index (χ3n) is 1.81. The van der Waals surface area contributed by atoms with Crippen molar-refractivity contribution < 1.29 is 4.79 Å². The summed E-state index contributed by atoms with van der Waals surface area (Å²) >= 11 is 0. The number of Topliss-reactive ketones (excluding diaryl/α,β-unsaturated/α-hetero) is 1. The van der Waals surface area contributed by atoms with E-state index in [1.54, 1.807) is 12.3 Å². The van der Waals surface area contributed by atoms with Crippen molar-refractivity contribution in [1.29, 1.82) is 0 Å². The molecule has 0 radical (unpaired) electrons. The molecule has 0 spiro atoms. The molecule has 0 amide bonds. The molecule has 0 atom stereocenters. The zero-order valence-electron chi connectivity index (χ0n) is 8.23. The third-order valence-corrected chi connectivity index (χ3v) is 1.81. The maximum Gasteiger partial charge on any atom is 0.161 e. The van der Waals surface area contributed by atoms with Crippen molar-refractivity contribution in [3.63, 3.8) is 0 Å². The van der Waals surface area contributed by atoms with Crippen LogP contribution in [0.5, 0.6) is 0 Å². The summed E-state index contributed by atoms with van der Waals surface area (Å²) < 4.78 is 0. The van der Waals surface area contributed by atoms with Gasteiger partial charge in [-0.15, -0.1) is 0 Å². The highest BCUT2D eigenvalue weighted by Crippen LogP contribution is 2.03. The lowest BCUT2D eigenvalue weighted by Gasteiger charge is -1.95. The van der Waals surface area contributed by atoms with Gasteiger partial charge in [0.1, 0.15) is 0 Å². The molecule has 0 bridgehead atoms. The molecule has 0 aliphatic rings. The lowest BCUT2D eigenvalue weighted by molar-refractivity contribution is 0.101. The van der Waals surface area contributed by atoms with Gasteiger partial charge in [-0.2, -0.15) is 0 Å². The van der Waals surface area contributed by atoms with E-state index in [2.05, 4.69) is 4.98 Å². The zero-order chi connectivity index (χ0) is 10.4. The summed E-state index contributed by atoms with van der Waals surface area (Å²) in [6.45, 7) is 2.17. The molecule has 0 saturated heterocycles. The summed E-state index contributed by atoms with van der Waals surface area (Å²) in [7, 11) is 0. The Morgan fingerprint density at radius 3 is 2.86 bits per heavy atom. The number of aromatic nitrogens is 1. The Bertz CT molecular complexity index is 328. The maximum atomic E-state index is 10.9. The smallest absolute Gasteiger partial charge is 0.161 e.